The van der Waals surface area contributed by atoms with Crippen LogP contribution in [0.2, 0.25) is 5.02 Å². The van der Waals surface area contributed by atoms with Crippen LogP contribution in [0.25, 0.3) is 0 Å². The predicted octanol–water partition coefficient (Wildman–Crippen LogP) is 2.66. The lowest BCUT2D eigenvalue weighted by molar-refractivity contribution is -0.131. The molecule has 128 valence electrons. The van der Waals surface area contributed by atoms with E-state index < -0.39 is 10.0 Å². The largest absolute Gasteiger partial charge is 0.343 e. The number of sulfonamides is 1. The summed E-state index contributed by atoms with van der Waals surface area (Å²) in [5, 5.41) is 0.364. The number of nitrogens with zero attached hydrogens (tertiary/aromatic N) is 1. The summed E-state index contributed by atoms with van der Waals surface area (Å²) in [7, 11) is -3.63. The maximum Gasteiger partial charge on any atom is 0.240 e. The fourth-order valence-electron chi connectivity index (χ4n) is 2.68. The molecule has 1 aliphatic heterocycles. The van der Waals surface area contributed by atoms with Gasteiger partial charge >= 0.3 is 0 Å². The van der Waals surface area contributed by atoms with Crippen LogP contribution in [0.3, 0.4) is 0 Å². The summed E-state index contributed by atoms with van der Waals surface area (Å²) in [4.78, 5) is 14.2. The third kappa shape index (κ3) is 5.48. The van der Waals surface area contributed by atoms with Gasteiger partial charge in [0.15, 0.2) is 0 Å². The molecule has 1 aromatic rings. The molecule has 1 saturated heterocycles. The van der Waals surface area contributed by atoms with Crippen LogP contribution in [-0.4, -0.2) is 38.9 Å². The molecule has 0 aromatic heterocycles. The molecule has 1 amide bonds. The molecule has 1 aliphatic rings. The van der Waals surface area contributed by atoms with E-state index in [1.54, 1.807) is 12.1 Å². The van der Waals surface area contributed by atoms with Gasteiger partial charge in [-0.05, 0) is 43.4 Å². The van der Waals surface area contributed by atoms with E-state index in [1.807, 2.05) is 4.90 Å². The third-order valence-corrected chi connectivity index (χ3v) is 5.80. The number of benzene rings is 1. The lowest BCUT2D eigenvalue weighted by atomic mass is 10.0. The molecule has 0 radical (unpaired) electrons. The zero-order valence-corrected chi connectivity index (χ0v) is 14.9. The minimum Gasteiger partial charge on any atom is -0.343 e. The summed E-state index contributed by atoms with van der Waals surface area (Å²) in [6, 6.07) is 6.07. The van der Waals surface area contributed by atoms with Gasteiger partial charge in [0, 0.05) is 31.1 Å². The van der Waals surface area contributed by atoms with E-state index in [9.17, 15) is 13.2 Å². The maximum absolute atomic E-state index is 12.2. The normalized spacial score (nSPS) is 19.4. The van der Waals surface area contributed by atoms with Crippen molar-refractivity contribution in [3.63, 3.8) is 0 Å². The number of likely N-dealkylation sites (tertiary alicyclic amines) is 1. The van der Waals surface area contributed by atoms with Crippen LogP contribution in [0.5, 0.6) is 0 Å². The molecule has 0 spiro atoms. The highest BCUT2D eigenvalue weighted by Gasteiger charge is 2.19. The first-order valence-electron chi connectivity index (χ1n) is 7.91. The van der Waals surface area contributed by atoms with Crippen molar-refractivity contribution in [2.75, 3.05) is 19.6 Å². The summed E-state index contributed by atoms with van der Waals surface area (Å²) in [6.07, 6.45) is 3.35. The quantitative estimate of drug-likeness (QED) is 0.879. The number of hydrogen-bond acceptors (Lipinski definition) is 3. The average Bonchev–Trinajstić information content (AvgIpc) is 2.72. The number of halogens is 1. The van der Waals surface area contributed by atoms with Gasteiger partial charge in [0.1, 0.15) is 0 Å². The molecule has 1 heterocycles. The molecule has 2 rings (SSSR count). The number of rotatable bonds is 5. The highest BCUT2D eigenvalue weighted by atomic mass is 35.5. The van der Waals surface area contributed by atoms with E-state index in [4.69, 9.17) is 11.6 Å². The van der Waals surface area contributed by atoms with Crippen molar-refractivity contribution in [1.29, 1.82) is 0 Å². The lowest BCUT2D eigenvalue weighted by Crippen LogP contribution is -2.35. The molecule has 0 aliphatic carbocycles. The molecule has 1 N–H and O–H groups in total. The molecule has 1 aromatic carbocycles. The van der Waals surface area contributed by atoms with E-state index in [2.05, 4.69) is 11.6 Å². The van der Waals surface area contributed by atoms with E-state index in [0.29, 0.717) is 10.9 Å². The zero-order chi connectivity index (χ0) is 16.9. The smallest absolute Gasteiger partial charge is 0.240 e. The van der Waals surface area contributed by atoms with Crippen molar-refractivity contribution in [2.45, 2.75) is 37.5 Å². The van der Waals surface area contributed by atoms with Crippen molar-refractivity contribution in [1.82, 2.24) is 9.62 Å². The van der Waals surface area contributed by atoms with Gasteiger partial charge in [0.05, 0.1) is 4.90 Å². The summed E-state index contributed by atoms with van der Waals surface area (Å²) in [5.74, 6) is 0.655. The third-order valence-electron chi connectivity index (χ3n) is 4.11. The van der Waals surface area contributed by atoms with E-state index in [0.717, 1.165) is 32.4 Å². The van der Waals surface area contributed by atoms with Crippen LogP contribution in [0.1, 0.15) is 32.6 Å². The Morgan fingerprint density at radius 2 is 2.13 bits per heavy atom. The second-order valence-corrected chi connectivity index (χ2v) is 8.23. The minimum absolute atomic E-state index is 0.00731. The Labute approximate surface area is 143 Å². The van der Waals surface area contributed by atoms with Gasteiger partial charge in [-0.1, -0.05) is 24.6 Å². The van der Waals surface area contributed by atoms with Gasteiger partial charge in [-0.3, -0.25) is 4.79 Å². The second kappa shape index (κ2) is 8.13. The number of amides is 1. The Hall–Kier alpha value is -1.11. The zero-order valence-electron chi connectivity index (χ0n) is 13.3. The van der Waals surface area contributed by atoms with E-state index in [1.165, 1.54) is 12.1 Å². The first-order chi connectivity index (χ1) is 10.9. The van der Waals surface area contributed by atoms with Gasteiger partial charge in [-0.15, -0.1) is 0 Å². The molecule has 1 atom stereocenters. The summed E-state index contributed by atoms with van der Waals surface area (Å²) in [6.45, 7) is 3.83. The molecule has 0 unspecified atom stereocenters. The predicted molar refractivity (Wildman–Crippen MR) is 90.9 cm³/mol. The molecule has 5 nitrogen and oxygen atoms in total. The highest BCUT2D eigenvalue weighted by molar-refractivity contribution is 7.89. The van der Waals surface area contributed by atoms with Gasteiger partial charge < -0.3 is 4.90 Å². The summed E-state index contributed by atoms with van der Waals surface area (Å²) < 4.78 is 26.8. The number of carbonyl (C=O) groups is 1. The van der Waals surface area contributed by atoms with E-state index in [-0.39, 0.29) is 23.8 Å². The average molecular weight is 359 g/mol. The van der Waals surface area contributed by atoms with Gasteiger partial charge in [-0.25, -0.2) is 13.1 Å². The van der Waals surface area contributed by atoms with Crippen LogP contribution in [0, 0.1) is 5.92 Å². The molecule has 23 heavy (non-hydrogen) atoms. The number of hydrogen-bond donors (Lipinski definition) is 1. The monoisotopic (exact) mass is 358 g/mol. The van der Waals surface area contributed by atoms with Crippen molar-refractivity contribution in [3.8, 4) is 0 Å². The van der Waals surface area contributed by atoms with Crippen LogP contribution in [0.15, 0.2) is 29.2 Å². The van der Waals surface area contributed by atoms with Crippen LogP contribution >= 0.6 is 11.6 Å². The van der Waals surface area contributed by atoms with Crippen molar-refractivity contribution in [3.05, 3.63) is 29.3 Å². The fraction of sp³-hybridized carbons (Fsp3) is 0.562. The van der Waals surface area contributed by atoms with Crippen molar-refractivity contribution in [2.24, 2.45) is 5.92 Å². The topological polar surface area (TPSA) is 66.5 Å². The summed E-state index contributed by atoms with van der Waals surface area (Å²) in [5.41, 5.74) is 0. The SMILES string of the molecule is C[C@@H]1CCCN(C(=O)CCNS(=O)(=O)c2cccc(Cl)c2)CC1. The molecular formula is C16H23ClN2O3S. The molecule has 0 saturated carbocycles. The number of nitrogens with one attached hydrogen (secondary N) is 1. The Morgan fingerprint density at radius 3 is 2.87 bits per heavy atom. The molecular weight excluding hydrogens is 336 g/mol. The first kappa shape index (κ1) is 18.2. The van der Waals surface area contributed by atoms with E-state index >= 15 is 0 Å². The van der Waals surface area contributed by atoms with Crippen molar-refractivity contribution < 1.29 is 13.2 Å². The Bertz CT molecular complexity index is 648. The lowest BCUT2D eigenvalue weighted by Gasteiger charge is -2.20. The first-order valence-corrected chi connectivity index (χ1v) is 9.77. The van der Waals surface area contributed by atoms with Gasteiger partial charge in [0.25, 0.3) is 0 Å². The Morgan fingerprint density at radius 1 is 1.35 bits per heavy atom. The van der Waals surface area contributed by atoms with Crippen LogP contribution in [-0.2, 0) is 14.8 Å². The fourth-order valence-corrected chi connectivity index (χ4v) is 4.01. The Kier molecular flexibility index (Phi) is 6.44. The number of carbonyl (C=O) groups excluding carboxylic acids is 1. The molecule has 7 heteroatoms. The molecule has 1 fully saturated rings. The maximum atomic E-state index is 12.2. The Balaban J connectivity index is 1.85. The molecule has 0 bridgehead atoms. The summed E-state index contributed by atoms with van der Waals surface area (Å²) >= 11 is 5.81. The highest BCUT2D eigenvalue weighted by Crippen LogP contribution is 2.17. The van der Waals surface area contributed by atoms with Crippen LogP contribution in [0.4, 0.5) is 0 Å². The van der Waals surface area contributed by atoms with Gasteiger partial charge in [-0.2, -0.15) is 0 Å². The second-order valence-electron chi connectivity index (χ2n) is 6.02. The van der Waals surface area contributed by atoms with Crippen LogP contribution < -0.4 is 4.72 Å². The standard InChI is InChI=1S/C16H23ClN2O3S/c1-13-4-3-10-19(11-8-13)16(20)7-9-18-23(21,22)15-6-2-5-14(17)12-15/h2,5-6,12-13,18H,3-4,7-11H2,1H3/t13-/m1/s1. The minimum atomic E-state index is -3.63. The van der Waals surface area contributed by atoms with Gasteiger partial charge in [0.2, 0.25) is 15.9 Å². The van der Waals surface area contributed by atoms with Crippen molar-refractivity contribution >= 4 is 27.5 Å².